The van der Waals surface area contributed by atoms with Gasteiger partial charge in [0.2, 0.25) is 5.88 Å². The van der Waals surface area contributed by atoms with Crippen LogP contribution >= 0.6 is 11.6 Å². The first-order valence-corrected chi connectivity index (χ1v) is 7.67. The second-order valence-corrected chi connectivity index (χ2v) is 5.93. The monoisotopic (exact) mass is 330 g/mol. The number of nitrogens with two attached hydrogens (primary N) is 1. The zero-order chi connectivity index (χ0) is 16.4. The van der Waals surface area contributed by atoms with Crippen LogP contribution in [0.3, 0.4) is 0 Å². The van der Waals surface area contributed by atoms with E-state index >= 15 is 0 Å². The third-order valence-corrected chi connectivity index (χ3v) is 4.40. The average Bonchev–Trinajstić information content (AvgIpc) is 3.01. The maximum absolute atomic E-state index is 12.5. The van der Waals surface area contributed by atoms with Gasteiger partial charge in [0.15, 0.2) is 0 Å². The summed E-state index contributed by atoms with van der Waals surface area (Å²) in [5.41, 5.74) is 7.25. The number of anilines is 1. The molecule has 23 heavy (non-hydrogen) atoms. The standard InChI is InChI=1S/C16H15ClN4O2/c17-13-7-11(1-2-12(13)9-18)16(22)21-5-3-10(4-6-21)14-8-15(19)23-20-14/h1-2,7-8,10H,3-6,19H2. The number of hydrogen-bond donors (Lipinski definition) is 1. The molecule has 2 aromatic rings. The molecule has 1 aliphatic rings. The fraction of sp³-hybridized carbons (Fsp3) is 0.312. The minimum atomic E-state index is -0.0745. The zero-order valence-electron chi connectivity index (χ0n) is 12.3. The molecule has 1 aliphatic heterocycles. The Kier molecular flexibility index (Phi) is 4.22. The van der Waals surface area contributed by atoms with E-state index in [4.69, 9.17) is 27.1 Å². The van der Waals surface area contributed by atoms with Crippen LogP contribution in [0, 0.1) is 11.3 Å². The van der Waals surface area contributed by atoms with Gasteiger partial charge in [-0.15, -0.1) is 0 Å². The maximum atomic E-state index is 12.5. The Morgan fingerprint density at radius 1 is 1.39 bits per heavy atom. The van der Waals surface area contributed by atoms with Crippen molar-refractivity contribution in [2.45, 2.75) is 18.8 Å². The van der Waals surface area contributed by atoms with Crippen LogP contribution in [0.5, 0.6) is 0 Å². The van der Waals surface area contributed by atoms with Crippen molar-refractivity contribution in [2.24, 2.45) is 0 Å². The van der Waals surface area contributed by atoms with E-state index in [1.54, 1.807) is 29.2 Å². The second kappa shape index (κ2) is 6.31. The van der Waals surface area contributed by atoms with E-state index in [9.17, 15) is 4.79 Å². The minimum Gasteiger partial charge on any atom is -0.368 e. The Labute approximate surface area is 138 Å². The number of hydrogen-bond acceptors (Lipinski definition) is 5. The van der Waals surface area contributed by atoms with Gasteiger partial charge in [-0.05, 0) is 31.0 Å². The summed E-state index contributed by atoms with van der Waals surface area (Å²) < 4.78 is 4.90. The van der Waals surface area contributed by atoms with E-state index in [-0.39, 0.29) is 11.8 Å². The fourth-order valence-electron chi connectivity index (χ4n) is 2.80. The largest absolute Gasteiger partial charge is 0.368 e. The predicted octanol–water partition coefficient (Wildman–Crippen LogP) is 2.80. The van der Waals surface area contributed by atoms with Crippen LogP contribution in [0.25, 0.3) is 0 Å². The number of nitrogen functional groups attached to an aromatic ring is 1. The summed E-state index contributed by atoms with van der Waals surface area (Å²) in [7, 11) is 0. The van der Waals surface area contributed by atoms with Crippen LogP contribution in [0.15, 0.2) is 28.8 Å². The maximum Gasteiger partial charge on any atom is 0.253 e. The van der Waals surface area contributed by atoms with Gasteiger partial charge in [-0.2, -0.15) is 5.26 Å². The summed E-state index contributed by atoms with van der Waals surface area (Å²) in [4.78, 5) is 14.3. The van der Waals surface area contributed by atoms with Crippen molar-refractivity contribution >= 4 is 23.4 Å². The van der Waals surface area contributed by atoms with E-state index in [0.717, 1.165) is 18.5 Å². The highest BCUT2D eigenvalue weighted by molar-refractivity contribution is 6.32. The number of nitriles is 1. The highest BCUT2D eigenvalue weighted by atomic mass is 35.5. The third kappa shape index (κ3) is 3.15. The molecule has 0 atom stereocenters. The molecule has 1 amide bonds. The molecule has 0 aliphatic carbocycles. The summed E-state index contributed by atoms with van der Waals surface area (Å²) >= 11 is 5.99. The lowest BCUT2D eigenvalue weighted by atomic mass is 9.93. The Bertz CT molecular complexity index is 773. The average molecular weight is 331 g/mol. The minimum absolute atomic E-state index is 0.0745. The molecule has 6 nitrogen and oxygen atoms in total. The smallest absolute Gasteiger partial charge is 0.253 e. The van der Waals surface area contributed by atoms with Gasteiger partial charge in [0.25, 0.3) is 5.91 Å². The number of rotatable bonds is 2. The van der Waals surface area contributed by atoms with E-state index < -0.39 is 0 Å². The number of aromatic nitrogens is 1. The first-order valence-electron chi connectivity index (χ1n) is 7.29. The molecule has 0 bridgehead atoms. The van der Waals surface area contributed by atoms with Gasteiger partial charge in [-0.1, -0.05) is 16.8 Å². The summed E-state index contributed by atoms with van der Waals surface area (Å²) in [6.07, 6.45) is 1.61. The third-order valence-electron chi connectivity index (χ3n) is 4.08. The van der Waals surface area contributed by atoms with Crippen molar-refractivity contribution in [3.63, 3.8) is 0 Å². The van der Waals surface area contributed by atoms with Crippen LogP contribution < -0.4 is 5.73 Å². The van der Waals surface area contributed by atoms with Gasteiger partial charge in [0.1, 0.15) is 6.07 Å². The van der Waals surface area contributed by atoms with Crippen molar-refractivity contribution in [3.8, 4) is 6.07 Å². The van der Waals surface area contributed by atoms with Crippen LogP contribution in [0.4, 0.5) is 5.88 Å². The van der Waals surface area contributed by atoms with Gasteiger partial charge in [0, 0.05) is 30.6 Å². The first-order chi connectivity index (χ1) is 11.1. The van der Waals surface area contributed by atoms with E-state index in [1.807, 2.05) is 6.07 Å². The molecule has 0 spiro atoms. The molecule has 118 valence electrons. The van der Waals surface area contributed by atoms with Gasteiger partial charge in [0.05, 0.1) is 16.3 Å². The van der Waals surface area contributed by atoms with Crippen molar-refractivity contribution in [1.29, 1.82) is 5.26 Å². The quantitative estimate of drug-likeness (QED) is 0.913. The Morgan fingerprint density at radius 2 is 2.13 bits per heavy atom. The molecule has 0 unspecified atom stereocenters. The highest BCUT2D eigenvalue weighted by Crippen LogP contribution is 2.29. The second-order valence-electron chi connectivity index (χ2n) is 5.53. The number of likely N-dealkylation sites (tertiary alicyclic amines) is 1. The molecular weight excluding hydrogens is 316 g/mol. The molecule has 1 saturated heterocycles. The number of halogens is 1. The lowest BCUT2D eigenvalue weighted by Crippen LogP contribution is -2.38. The molecule has 3 rings (SSSR count). The normalized spacial score (nSPS) is 15.4. The zero-order valence-corrected chi connectivity index (χ0v) is 13.1. The predicted molar refractivity (Wildman–Crippen MR) is 85.0 cm³/mol. The topological polar surface area (TPSA) is 96.2 Å². The van der Waals surface area contributed by atoms with Crippen LogP contribution in [0.1, 0.15) is 40.4 Å². The first kappa shape index (κ1) is 15.4. The van der Waals surface area contributed by atoms with Gasteiger partial charge < -0.3 is 15.2 Å². The van der Waals surface area contributed by atoms with Crippen molar-refractivity contribution in [1.82, 2.24) is 10.1 Å². The van der Waals surface area contributed by atoms with Crippen LogP contribution in [-0.2, 0) is 0 Å². The molecule has 0 radical (unpaired) electrons. The number of piperidine rings is 1. The molecule has 1 aromatic carbocycles. The summed E-state index contributed by atoms with van der Waals surface area (Å²) in [6.45, 7) is 1.27. The van der Waals surface area contributed by atoms with Gasteiger partial charge in [-0.3, -0.25) is 4.79 Å². The number of carbonyl (C=O) groups excluding carboxylic acids is 1. The summed E-state index contributed by atoms with van der Waals surface area (Å²) in [5.74, 6) is 0.491. The number of nitrogens with zero attached hydrogens (tertiary/aromatic N) is 3. The Morgan fingerprint density at radius 3 is 2.70 bits per heavy atom. The lowest BCUT2D eigenvalue weighted by Gasteiger charge is -2.31. The Hall–Kier alpha value is -2.52. The summed E-state index contributed by atoms with van der Waals surface area (Å²) in [6, 6.07) is 8.48. The van der Waals surface area contributed by atoms with E-state index in [1.165, 1.54) is 0 Å². The van der Waals surface area contributed by atoms with Gasteiger partial charge in [-0.25, -0.2) is 0 Å². The molecule has 0 saturated carbocycles. The molecule has 2 heterocycles. The highest BCUT2D eigenvalue weighted by Gasteiger charge is 2.26. The molecular formula is C16H15ClN4O2. The van der Waals surface area contributed by atoms with E-state index in [2.05, 4.69) is 5.16 Å². The van der Waals surface area contributed by atoms with Gasteiger partial charge >= 0.3 is 0 Å². The number of carbonyl (C=O) groups is 1. The lowest BCUT2D eigenvalue weighted by molar-refractivity contribution is 0.0711. The molecule has 2 N–H and O–H groups in total. The molecule has 1 aromatic heterocycles. The Balaban J connectivity index is 1.66. The molecule has 7 heteroatoms. The SMILES string of the molecule is N#Cc1ccc(C(=O)N2CCC(c3cc(N)on3)CC2)cc1Cl. The molecule has 1 fully saturated rings. The van der Waals surface area contributed by atoms with Crippen molar-refractivity contribution in [2.75, 3.05) is 18.8 Å². The van der Waals surface area contributed by atoms with Crippen molar-refractivity contribution in [3.05, 3.63) is 46.1 Å². The van der Waals surface area contributed by atoms with Crippen molar-refractivity contribution < 1.29 is 9.32 Å². The van der Waals surface area contributed by atoms with Crippen LogP contribution in [0.2, 0.25) is 5.02 Å². The van der Waals surface area contributed by atoms with E-state index in [0.29, 0.717) is 35.1 Å². The van der Waals surface area contributed by atoms with Crippen LogP contribution in [-0.4, -0.2) is 29.1 Å². The fourth-order valence-corrected chi connectivity index (χ4v) is 3.02. The number of amides is 1. The summed E-state index contributed by atoms with van der Waals surface area (Å²) in [5, 5.41) is 13.1. The number of benzene rings is 1.